The maximum Gasteiger partial charge on any atom is 0.229 e. The van der Waals surface area contributed by atoms with Crippen LogP contribution in [0.3, 0.4) is 0 Å². The molecule has 3 aromatic rings. The van der Waals surface area contributed by atoms with Crippen molar-refractivity contribution in [3.63, 3.8) is 0 Å². The summed E-state index contributed by atoms with van der Waals surface area (Å²) in [5, 5.41) is 15.3. The molecule has 4 rings (SSSR count). The third-order valence-electron chi connectivity index (χ3n) is 4.96. The second-order valence-corrected chi connectivity index (χ2v) is 6.66. The van der Waals surface area contributed by atoms with E-state index in [-0.39, 0.29) is 18.2 Å². The molecule has 0 spiro atoms. The highest BCUT2D eigenvalue weighted by Crippen LogP contribution is 2.30. The summed E-state index contributed by atoms with van der Waals surface area (Å²) in [6.07, 6.45) is 0.172. The van der Waals surface area contributed by atoms with Crippen LogP contribution in [0.2, 0.25) is 0 Å². The fraction of sp³-hybridized carbons (Fsp3) is 0.333. The highest BCUT2D eigenvalue weighted by Gasteiger charge is 2.37. The standard InChI is InChI=1S/C18H20N6O2/c1-10-16(11(2)23(3)22-10)19-18(26)12-8-15(25)24(9-12)17-13-6-4-5-7-14(13)20-21-17/h4-7,12H,8-9H2,1-3H3,(H,19,26)(H,20,21). The van der Waals surface area contributed by atoms with Crippen LogP contribution in [0.15, 0.2) is 24.3 Å². The number of amides is 2. The third kappa shape index (κ3) is 2.54. The molecule has 1 aliphatic rings. The Labute approximate surface area is 150 Å². The van der Waals surface area contributed by atoms with Gasteiger partial charge in [0.25, 0.3) is 0 Å². The molecule has 26 heavy (non-hydrogen) atoms. The normalized spacial score (nSPS) is 17.3. The topological polar surface area (TPSA) is 95.9 Å². The van der Waals surface area contributed by atoms with Gasteiger partial charge in [0.2, 0.25) is 11.8 Å². The summed E-state index contributed by atoms with van der Waals surface area (Å²) in [4.78, 5) is 26.8. The highest BCUT2D eigenvalue weighted by molar-refractivity contribution is 6.07. The van der Waals surface area contributed by atoms with Crippen molar-refractivity contribution in [2.75, 3.05) is 16.8 Å². The van der Waals surface area contributed by atoms with Crippen LogP contribution in [0.5, 0.6) is 0 Å². The molecule has 8 nitrogen and oxygen atoms in total. The average Bonchev–Trinajstić information content (AvgIpc) is 3.27. The van der Waals surface area contributed by atoms with Crippen LogP contribution in [0, 0.1) is 19.8 Å². The van der Waals surface area contributed by atoms with Crippen molar-refractivity contribution in [3.8, 4) is 0 Å². The molecular formula is C18H20N6O2. The van der Waals surface area contributed by atoms with Crippen LogP contribution in [0.25, 0.3) is 10.9 Å². The lowest BCUT2D eigenvalue weighted by molar-refractivity contribution is -0.122. The van der Waals surface area contributed by atoms with Crippen LogP contribution in [0.4, 0.5) is 11.5 Å². The SMILES string of the molecule is Cc1nn(C)c(C)c1NC(=O)C1CC(=O)N(c2n[nH]c3ccccc23)C1. The molecule has 134 valence electrons. The minimum atomic E-state index is -0.419. The van der Waals surface area contributed by atoms with E-state index in [0.717, 1.165) is 22.3 Å². The number of nitrogens with zero attached hydrogens (tertiary/aromatic N) is 4. The largest absolute Gasteiger partial charge is 0.323 e. The van der Waals surface area contributed by atoms with E-state index in [0.29, 0.717) is 18.1 Å². The third-order valence-corrected chi connectivity index (χ3v) is 4.96. The monoisotopic (exact) mass is 352 g/mol. The Hall–Kier alpha value is -3.16. The van der Waals surface area contributed by atoms with E-state index >= 15 is 0 Å². The molecule has 0 saturated carbocycles. The molecule has 2 N–H and O–H groups in total. The molecule has 1 atom stereocenters. The number of fused-ring (bicyclic) bond motifs is 1. The summed E-state index contributed by atoms with van der Waals surface area (Å²) in [6, 6.07) is 7.63. The van der Waals surface area contributed by atoms with Crippen molar-refractivity contribution < 1.29 is 9.59 Å². The highest BCUT2D eigenvalue weighted by atomic mass is 16.2. The number of rotatable bonds is 3. The number of anilines is 2. The molecule has 2 amide bonds. The molecule has 0 radical (unpaired) electrons. The fourth-order valence-corrected chi connectivity index (χ4v) is 3.42. The van der Waals surface area contributed by atoms with Crippen molar-refractivity contribution in [1.29, 1.82) is 0 Å². The minimum Gasteiger partial charge on any atom is -0.323 e. The van der Waals surface area contributed by atoms with Gasteiger partial charge in [0.05, 0.1) is 28.5 Å². The molecule has 0 aliphatic carbocycles. The molecule has 3 heterocycles. The van der Waals surface area contributed by atoms with Crippen molar-refractivity contribution in [3.05, 3.63) is 35.7 Å². The number of benzene rings is 1. The second-order valence-electron chi connectivity index (χ2n) is 6.66. The summed E-state index contributed by atoms with van der Waals surface area (Å²) in [7, 11) is 1.83. The average molecular weight is 352 g/mol. The maximum atomic E-state index is 12.7. The Morgan fingerprint density at radius 2 is 2.08 bits per heavy atom. The van der Waals surface area contributed by atoms with Crippen molar-refractivity contribution in [2.24, 2.45) is 13.0 Å². The smallest absolute Gasteiger partial charge is 0.229 e. The first-order valence-corrected chi connectivity index (χ1v) is 8.50. The number of hydrogen-bond acceptors (Lipinski definition) is 4. The maximum absolute atomic E-state index is 12.7. The summed E-state index contributed by atoms with van der Waals surface area (Å²) in [5.74, 6) is -0.103. The Bertz CT molecular complexity index is 1020. The lowest BCUT2D eigenvalue weighted by Gasteiger charge is -2.14. The zero-order chi connectivity index (χ0) is 18.4. The molecule has 8 heteroatoms. The van der Waals surface area contributed by atoms with Gasteiger partial charge < -0.3 is 5.32 Å². The predicted octanol–water partition coefficient (Wildman–Crippen LogP) is 1.90. The van der Waals surface area contributed by atoms with Gasteiger partial charge in [-0.25, -0.2) is 0 Å². The summed E-state index contributed by atoms with van der Waals surface area (Å²) < 4.78 is 1.73. The minimum absolute atomic E-state index is 0.0953. The Morgan fingerprint density at radius 1 is 1.31 bits per heavy atom. The van der Waals surface area contributed by atoms with E-state index < -0.39 is 5.92 Å². The van der Waals surface area contributed by atoms with Crippen LogP contribution >= 0.6 is 0 Å². The summed E-state index contributed by atoms with van der Waals surface area (Å²) in [5.41, 5.74) is 3.23. The number of carbonyl (C=O) groups is 2. The van der Waals surface area contributed by atoms with E-state index in [4.69, 9.17) is 0 Å². The van der Waals surface area contributed by atoms with E-state index in [9.17, 15) is 9.59 Å². The number of carbonyl (C=O) groups excluding carboxylic acids is 2. The molecule has 1 aliphatic heterocycles. The van der Waals surface area contributed by atoms with Gasteiger partial charge in [0.1, 0.15) is 0 Å². The van der Waals surface area contributed by atoms with Gasteiger partial charge in [0.15, 0.2) is 5.82 Å². The van der Waals surface area contributed by atoms with Gasteiger partial charge in [-0.05, 0) is 26.0 Å². The number of aryl methyl sites for hydroxylation is 2. The van der Waals surface area contributed by atoms with E-state index in [1.54, 1.807) is 9.58 Å². The molecule has 1 saturated heterocycles. The van der Waals surface area contributed by atoms with Gasteiger partial charge in [-0.3, -0.25) is 24.3 Å². The second kappa shape index (κ2) is 5.98. The van der Waals surface area contributed by atoms with Crippen molar-refractivity contribution in [2.45, 2.75) is 20.3 Å². The van der Waals surface area contributed by atoms with Gasteiger partial charge >= 0.3 is 0 Å². The van der Waals surface area contributed by atoms with E-state index in [1.165, 1.54) is 0 Å². The Kier molecular flexibility index (Phi) is 3.75. The van der Waals surface area contributed by atoms with Crippen LogP contribution < -0.4 is 10.2 Å². The number of aromatic amines is 1. The van der Waals surface area contributed by atoms with Gasteiger partial charge in [0, 0.05) is 25.4 Å². The zero-order valence-electron chi connectivity index (χ0n) is 14.9. The van der Waals surface area contributed by atoms with E-state index in [1.807, 2.05) is 45.2 Å². The number of aromatic nitrogens is 4. The van der Waals surface area contributed by atoms with Crippen molar-refractivity contribution >= 4 is 34.2 Å². The predicted molar refractivity (Wildman–Crippen MR) is 97.9 cm³/mol. The van der Waals surface area contributed by atoms with Crippen LogP contribution in [-0.4, -0.2) is 38.3 Å². The fourth-order valence-electron chi connectivity index (χ4n) is 3.42. The molecule has 1 unspecified atom stereocenters. The summed E-state index contributed by atoms with van der Waals surface area (Å²) >= 11 is 0. The molecular weight excluding hydrogens is 332 g/mol. The Balaban J connectivity index is 1.55. The number of H-pyrrole nitrogens is 1. The quantitative estimate of drug-likeness (QED) is 0.752. The molecule has 0 bridgehead atoms. The first kappa shape index (κ1) is 16.3. The first-order chi connectivity index (χ1) is 12.5. The molecule has 1 fully saturated rings. The van der Waals surface area contributed by atoms with Crippen LogP contribution in [-0.2, 0) is 16.6 Å². The van der Waals surface area contributed by atoms with E-state index in [2.05, 4.69) is 20.6 Å². The lowest BCUT2D eigenvalue weighted by atomic mass is 10.1. The lowest BCUT2D eigenvalue weighted by Crippen LogP contribution is -2.28. The molecule has 2 aromatic heterocycles. The van der Waals surface area contributed by atoms with Gasteiger partial charge in [-0.2, -0.15) is 10.2 Å². The number of para-hydroxylation sites is 1. The zero-order valence-corrected chi connectivity index (χ0v) is 14.9. The van der Waals surface area contributed by atoms with Gasteiger partial charge in [-0.1, -0.05) is 12.1 Å². The number of hydrogen-bond donors (Lipinski definition) is 2. The first-order valence-electron chi connectivity index (χ1n) is 8.50. The number of nitrogens with one attached hydrogen (secondary N) is 2. The van der Waals surface area contributed by atoms with Gasteiger partial charge in [-0.15, -0.1) is 0 Å². The van der Waals surface area contributed by atoms with Crippen molar-refractivity contribution in [1.82, 2.24) is 20.0 Å². The van der Waals surface area contributed by atoms with Crippen LogP contribution in [0.1, 0.15) is 17.8 Å². The molecule has 1 aromatic carbocycles. The summed E-state index contributed by atoms with van der Waals surface area (Å²) in [6.45, 7) is 4.07. The Morgan fingerprint density at radius 3 is 2.81 bits per heavy atom.